The average Bonchev–Trinajstić information content (AvgIpc) is 3.39. The van der Waals surface area contributed by atoms with Crippen LogP contribution in [-0.2, 0) is 62.7 Å². The van der Waals surface area contributed by atoms with E-state index in [4.69, 9.17) is 0 Å². The average molecular weight is 562 g/mol. The molecule has 0 heterocycles. The molecule has 0 unspecified atom stereocenters. The molecule has 186 valence electrons. The van der Waals surface area contributed by atoms with Crippen LogP contribution in [0, 0.1) is 0 Å². The Balaban J connectivity index is 0.00000280. The molecule has 0 amide bonds. The summed E-state index contributed by atoms with van der Waals surface area (Å²) in [6.07, 6.45) is 4.32. The Morgan fingerprint density at radius 1 is 0.486 bits per heavy atom. The SMILES string of the molecule is CC(C)(C)c1ccc2c(c1CCc1c(C(C)(C)C)ccc3c1Cc1ccccc1-3)Cc1ccccc1-2.[Zr]. The topological polar surface area (TPSA) is 0 Å². The predicted molar refractivity (Wildman–Crippen MR) is 154 cm³/mol. The summed E-state index contributed by atoms with van der Waals surface area (Å²) in [5.74, 6) is 0. The van der Waals surface area contributed by atoms with Crippen molar-refractivity contribution in [1.82, 2.24) is 0 Å². The van der Waals surface area contributed by atoms with Crippen molar-refractivity contribution in [2.45, 2.75) is 78.1 Å². The minimum Gasteiger partial charge on any atom is -0.0619 e. The molecule has 0 nitrogen and oxygen atoms in total. The third-order valence-corrected chi connectivity index (χ3v) is 8.45. The summed E-state index contributed by atoms with van der Waals surface area (Å²) in [5, 5.41) is 0. The third-order valence-electron chi connectivity index (χ3n) is 8.45. The molecule has 0 bridgehead atoms. The molecule has 0 fully saturated rings. The zero-order chi connectivity index (χ0) is 25.2. The maximum atomic E-state index is 2.42. The summed E-state index contributed by atoms with van der Waals surface area (Å²) in [5.41, 5.74) is 18.3. The zero-order valence-corrected chi connectivity index (χ0v) is 25.7. The molecular weight excluding hydrogens is 524 g/mol. The van der Waals surface area contributed by atoms with E-state index in [-0.39, 0.29) is 37.0 Å². The second-order valence-corrected chi connectivity index (χ2v) is 12.9. The van der Waals surface area contributed by atoms with Crippen molar-refractivity contribution in [3.05, 3.63) is 117 Å². The van der Waals surface area contributed by atoms with Crippen LogP contribution in [-0.4, -0.2) is 0 Å². The van der Waals surface area contributed by atoms with Gasteiger partial charge >= 0.3 is 0 Å². The zero-order valence-electron chi connectivity index (χ0n) is 23.3. The smallest absolute Gasteiger partial charge is 0 e. The Morgan fingerprint density at radius 2 is 0.865 bits per heavy atom. The van der Waals surface area contributed by atoms with E-state index in [0.29, 0.717) is 0 Å². The summed E-state index contributed by atoms with van der Waals surface area (Å²) in [7, 11) is 0. The Kier molecular flexibility index (Phi) is 6.77. The van der Waals surface area contributed by atoms with E-state index >= 15 is 0 Å². The van der Waals surface area contributed by atoms with Gasteiger partial charge in [0.2, 0.25) is 0 Å². The normalized spacial score (nSPS) is 13.5. The number of hydrogen-bond donors (Lipinski definition) is 0. The van der Waals surface area contributed by atoms with Gasteiger partial charge in [-0.2, -0.15) is 0 Å². The van der Waals surface area contributed by atoms with Gasteiger partial charge in [-0.3, -0.25) is 0 Å². The van der Waals surface area contributed by atoms with Crippen LogP contribution in [0.3, 0.4) is 0 Å². The first-order chi connectivity index (χ1) is 17.1. The molecule has 6 rings (SSSR count). The monoisotopic (exact) mass is 560 g/mol. The minimum absolute atomic E-state index is 0. The maximum absolute atomic E-state index is 2.42. The molecule has 4 aromatic rings. The molecule has 4 aromatic carbocycles. The van der Waals surface area contributed by atoms with E-state index in [2.05, 4.69) is 114 Å². The number of rotatable bonds is 3. The van der Waals surface area contributed by atoms with Crippen molar-refractivity contribution in [1.29, 1.82) is 0 Å². The Labute approximate surface area is 242 Å². The number of fused-ring (bicyclic) bond motifs is 6. The fourth-order valence-electron chi connectivity index (χ4n) is 6.78. The molecule has 0 saturated carbocycles. The van der Waals surface area contributed by atoms with Crippen molar-refractivity contribution in [3.8, 4) is 22.3 Å². The molecule has 0 aromatic heterocycles. The van der Waals surface area contributed by atoms with Gasteiger partial charge in [0.25, 0.3) is 0 Å². The molecular formula is C36H38Zr. The molecule has 0 spiro atoms. The van der Waals surface area contributed by atoms with Crippen molar-refractivity contribution < 1.29 is 26.2 Å². The summed E-state index contributed by atoms with van der Waals surface area (Å²) in [6.45, 7) is 14.2. The van der Waals surface area contributed by atoms with Gasteiger partial charge in [-0.05, 0) is 103 Å². The number of hydrogen-bond acceptors (Lipinski definition) is 0. The standard InChI is InChI=1S/C36H38.Zr/c1-35(2,3)33-19-17-27-25-13-9-7-11-23(25)21-31(27)29(33)15-16-30-32-22-24-12-8-10-14-26(24)28(32)18-20-34(30)36(4,5)6;/h7-14,17-20H,15-16,21-22H2,1-6H3;. The molecule has 2 aliphatic rings. The van der Waals surface area contributed by atoms with Gasteiger partial charge < -0.3 is 0 Å². The van der Waals surface area contributed by atoms with Crippen LogP contribution in [0.4, 0.5) is 0 Å². The fourth-order valence-corrected chi connectivity index (χ4v) is 6.78. The van der Waals surface area contributed by atoms with Gasteiger partial charge in [0.15, 0.2) is 0 Å². The van der Waals surface area contributed by atoms with E-state index < -0.39 is 0 Å². The summed E-state index contributed by atoms with van der Waals surface area (Å²) in [4.78, 5) is 0. The molecule has 37 heavy (non-hydrogen) atoms. The van der Waals surface area contributed by atoms with Crippen LogP contribution in [0.25, 0.3) is 22.3 Å². The first-order valence-corrected chi connectivity index (χ1v) is 13.6. The molecule has 1 heteroatoms. The fraction of sp³-hybridized carbons (Fsp3) is 0.333. The Bertz CT molecular complexity index is 1380. The van der Waals surface area contributed by atoms with Crippen LogP contribution >= 0.6 is 0 Å². The van der Waals surface area contributed by atoms with Crippen LogP contribution in [0.2, 0.25) is 0 Å². The van der Waals surface area contributed by atoms with Crippen LogP contribution < -0.4 is 0 Å². The van der Waals surface area contributed by atoms with Crippen molar-refractivity contribution in [2.75, 3.05) is 0 Å². The van der Waals surface area contributed by atoms with E-state index in [9.17, 15) is 0 Å². The molecule has 0 saturated heterocycles. The molecule has 2 aliphatic carbocycles. The van der Waals surface area contributed by atoms with Crippen molar-refractivity contribution in [3.63, 3.8) is 0 Å². The van der Waals surface area contributed by atoms with E-state index in [0.717, 1.165) is 25.7 Å². The third kappa shape index (κ3) is 4.52. The summed E-state index contributed by atoms with van der Waals surface area (Å²) < 4.78 is 0. The predicted octanol–water partition coefficient (Wildman–Crippen LogP) is 9.21. The second-order valence-electron chi connectivity index (χ2n) is 12.9. The van der Waals surface area contributed by atoms with Crippen LogP contribution in [0.5, 0.6) is 0 Å². The van der Waals surface area contributed by atoms with Crippen molar-refractivity contribution in [2.24, 2.45) is 0 Å². The van der Waals surface area contributed by atoms with E-state index in [1.165, 1.54) is 44.5 Å². The molecule has 0 atom stereocenters. The van der Waals surface area contributed by atoms with E-state index in [1.54, 1.807) is 22.3 Å². The minimum atomic E-state index is 0. The van der Waals surface area contributed by atoms with Gasteiger partial charge in [0.1, 0.15) is 0 Å². The molecule has 0 radical (unpaired) electrons. The number of benzene rings is 4. The van der Waals surface area contributed by atoms with E-state index in [1.807, 2.05) is 0 Å². The van der Waals surface area contributed by atoms with Gasteiger partial charge in [-0.15, -0.1) is 0 Å². The summed E-state index contributed by atoms with van der Waals surface area (Å²) >= 11 is 0. The summed E-state index contributed by atoms with van der Waals surface area (Å²) in [6, 6.07) is 27.6. The van der Waals surface area contributed by atoms with Gasteiger partial charge in [0.05, 0.1) is 0 Å². The second kappa shape index (κ2) is 9.50. The molecule has 0 aliphatic heterocycles. The van der Waals surface area contributed by atoms with Gasteiger partial charge in [-0.1, -0.05) is 114 Å². The van der Waals surface area contributed by atoms with Crippen LogP contribution in [0.15, 0.2) is 72.8 Å². The molecule has 0 N–H and O–H groups in total. The van der Waals surface area contributed by atoms with Gasteiger partial charge in [-0.25, -0.2) is 0 Å². The first-order valence-electron chi connectivity index (χ1n) is 13.6. The van der Waals surface area contributed by atoms with Crippen LogP contribution in [0.1, 0.15) is 86.1 Å². The quantitative estimate of drug-likeness (QED) is 0.202. The largest absolute Gasteiger partial charge is 0.0619 e. The van der Waals surface area contributed by atoms with Crippen molar-refractivity contribution >= 4 is 0 Å². The Hall–Kier alpha value is -2.24. The maximum Gasteiger partial charge on any atom is 0 e. The Morgan fingerprint density at radius 3 is 1.24 bits per heavy atom. The first kappa shape index (κ1) is 26.4. The van der Waals surface area contributed by atoms with Gasteiger partial charge in [0, 0.05) is 26.2 Å².